The van der Waals surface area contributed by atoms with E-state index in [-0.39, 0.29) is 11.7 Å². The molecule has 11 heteroatoms. The molecule has 7 nitrogen and oxygen atoms in total. The Morgan fingerprint density at radius 3 is 1.82 bits per heavy atom. The van der Waals surface area contributed by atoms with Gasteiger partial charge in [0.25, 0.3) is 5.91 Å². The number of nitriles is 1. The molecule has 0 saturated heterocycles. The third-order valence-corrected chi connectivity index (χ3v) is 8.41. The van der Waals surface area contributed by atoms with Crippen LogP contribution in [0.25, 0.3) is 0 Å². The van der Waals surface area contributed by atoms with Crippen molar-refractivity contribution in [2.24, 2.45) is 5.73 Å². The van der Waals surface area contributed by atoms with E-state index in [0.29, 0.717) is 27.5 Å². The number of carbonyl (C=O) groups is 1. The number of nitrogens with zero attached hydrogens (tertiary/aromatic N) is 3. The molecule has 0 fully saturated rings. The molecule has 0 bridgehead atoms. The summed E-state index contributed by atoms with van der Waals surface area (Å²) in [4.78, 5) is 19.3. The fourth-order valence-corrected chi connectivity index (χ4v) is 4.25. The van der Waals surface area contributed by atoms with Gasteiger partial charge in [0.15, 0.2) is 11.4 Å². The van der Waals surface area contributed by atoms with E-state index < -0.39 is 5.91 Å². The maximum Gasteiger partial charge on any atom is 0.269 e. The SMILES string of the molecule is CCC(CC)Nc1c(C#N)ncc(Cl)c1I.CCC(CC)Nc1c(C(N)=O)ncc(Cl)c1I. The second-order valence-electron chi connectivity index (χ2n) is 7.08. The fourth-order valence-electron chi connectivity index (χ4n) is 2.86. The lowest BCUT2D eigenvalue weighted by molar-refractivity contribution is 0.0996. The van der Waals surface area contributed by atoms with Crippen LogP contribution >= 0.6 is 68.4 Å². The molecule has 0 spiro atoms. The topological polar surface area (TPSA) is 117 Å². The summed E-state index contributed by atoms with van der Waals surface area (Å²) in [6.45, 7) is 8.38. The molecule has 0 unspecified atom stereocenters. The zero-order chi connectivity index (χ0) is 25.1. The molecule has 0 radical (unpaired) electrons. The first kappa shape index (κ1) is 29.9. The number of carbonyl (C=O) groups excluding carboxylic acids is 1. The van der Waals surface area contributed by atoms with E-state index in [1.54, 1.807) is 0 Å². The van der Waals surface area contributed by atoms with Gasteiger partial charge in [-0.05, 0) is 70.9 Å². The quantitative estimate of drug-likeness (QED) is 0.245. The molecule has 2 aromatic rings. The normalized spacial score (nSPS) is 10.5. The molecule has 0 saturated carbocycles. The Labute approximate surface area is 232 Å². The van der Waals surface area contributed by atoms with Crippen LogP contribution in [0.1, 0.15) is 69.6 Å². The lowest BCUT2D eigenvalue weighted by atomic mass is 10.1. The van der Waals surface area contributed by atoms with Crippen LogP contribution in [0.5, 0.6) is 0 Å². The summed E-state index contributed by atoms with van der Waals surface area (Å²) in [5, 5.41) is 16.7. The van der Waals surface area contributed by atoms with Gasteiger partial charge in [-0.3, -0.25) is 4.79 Å². The predicted molar refractivity (Wildman–Crippen MR) is 153 cm³/mol. The molecule has 0 aromatic carbocycles. The molecule has 2 rings (SSSR count). The third kappa shape index (κ3) is 8.56. The summed E-state index contributed by atoms with van der Waals surface area (Å²) in [6, 6.07) is 2.71. The highest BCUT2D eigenvalue weighted by molar-refractivity contribution is 14.1. The molecule has 4 N–H and O–H groups in total. The summed E-state index contributed by atoms with van der Waals surface area (Å²) in [5.74, 6) is -0.548. The Morgan fingerprint density at radius 1 is 0.970 bits per heavy atom. The lowest BCUT2D eigenvalue weighted by Gasteiger charge is -2.19. The zero-order valence-corrected chi connectivity index (χ0v) is 24.8. The number of nitrogens with one attached hydrogen (secondary N) is 2. The molecule has 2 aromatic heterocycles. The summed E-state index contributed by atoms with van der Waals surface area (Å²) >= 11 is 16.2. The van der Waals surface area contributed by atoms with E-state index in [1.807, 2.05) is 0 Å². The molecule has 33 heavy (non-hydrogen) atoms. The number of pyridine rings is 2. The van der Waals surface area contributed by atoms with Crippen molar-refractivity contribution in [3.05, 3.63) is 41.0 Å². The molecule has 0 aliphatic rings. The maximum atomic E-state index is 11.3. The lowest BCUT2D eigenvalue weighted by Crippen LogP contribution is -2.23. The van der Waals surface area contributed by atoms with E-state index in [9.17, 15) is 4.79 Å². The van der Waals surface area contributed by atoms with Crippen molar-refractivity contribution < 1.29 is 4.79 Å². The van der Waals surface area contributed by atoms with Crippen molar-refractivity contribution in [3.8, 4) is 6.07 Å². The van der Waals surface area contributed by atoms with E-state index in [4.69, 9.17) is 34.2 Å². The van der Waals surface area contributed by atoms with E-state index in [1.165, 1.54) is 12.4 Å². The van der Waals surface area contributed by atoms with Crippen LogP contribution in [0.4, 0.5) is 11.4 Å². The van der Waals surface area contributed by atoms with Gasteiger partial charge in [-0.2, -0.15) is 5.26 Å². The monoisotopic (exact) mass is 716 g/mol. The number of hydrogen-bond donors (Lipinski definition) is 3. The number of nitrogens with two attached hydrogens (primary N) is 1. The molecule has 1 amide bonds. The fraction of sp³-hybridized carbons (Fsp3) is 0.455. The Morgan fingerprint density at radius 2 is 1.39 bits per heavy atom. The highest BCUT2D eigenvalue weighted by Gasteiger charge is 2.18. The van der Waals surface area contributed by atoms with E-state index in [0.717, 1.165) is 38.5 Å². The second kappa shape index (κ2) is 15.0. The van der Waals surface area contributed by atoms with Gasteiger partial charge >= 0.3 is 0 Å². The Hall–Kier alpha value is -1.10. The van der Waals surface area contributed by atoms with Crippen molar-refractivity contribution in [1.29, 1.82) is 5.26 Å². The average molecular weight is 717 g/mol. The molecular weight excluding hydrogens is 689 g/mol. The number of hydrogen-bond acceptors (Lipinski definition) is 6. The largest absolute Gasteiger partial charge is 0.380 e. The van der Waals surface area contributed by atoms with Crippen molar-refractivity contribution in [2.45, 2.75) is 65.5 Å². The number of anilines is 2. The van der Waals surface area contributed by atoms with Crippen LogP contribution in [0.2, 0.25) is 10.0 Å². The first-order chi connectivity index (χ1) is 15.6. The highest BCUT2D eigenvalue weighted by Crippen LogP contribution is 2.30. The molecule has 0 atom stereocenters. The average Bonchev–Trinajstić information content (AvgIpc) is 2.81. The minimum Gasteiger partial charge on any atom is -0.380 e. The molecule has 0 aliphatic carbocycles. The van der Waals surface area contributed by atoms with Crippen LogP contribution in [-0.2, 0) is 0 Å². The van der Waals surface area contributed by atoms with Gasteiger partial charge in [0.1, 0.15) is 6.07 Å². The smallest absolute Gasteiger partial charge is 0.269 e. The Bertz CT molecular complexity index is 992. The predicted octanol–water partition coefficient (Wildman–Crippen LogP) is 6.85. The van der Waals surface area contributed by atoms with Crippen LogP contribution in [0, 0.1) is 18.5 Å². The number of primary amides is 1. The maximum absolute atomic E-state index is 11.3. The zero-order valence-electron chi connectivity index (χ0n) is 19.0. The van der Waals surface area contributed by atoms with E-state index in [2.05, 4.69) is 99.5 Å². The summed E-state index contributed by atoms with van der Waals surface area (Å²) in [5.41, 5.74) is 7.34. The van der Waals surface area contributed by atoms with Gasteiger partial charge in [-0.25, -0.2) is 9.97 Å². The molecule has 0 aliphatic heterocycles. The van der Waals surface area contributed by atoms with Crippen molar-refractivity contribution in [1.82, 2.24) is 9.97 Å². The van der Waals surface area contributed by atoms with E-state index >= 15 is 0 Å². The summed E-state index contributed by atoms with van der Waals surface area (Å²) in [7, 11) is 0. The number of halogens is 4. The van der Waals surface area contributed by atoms with Gasteiger partial charge in [0.2, 0.25) is 0 Å². The molecule has 2 heterocycles. The van der Waals surface area contributed by atoms with Crippen LogP contribution in [0.3, 0.4) is 0 Å². The van der Waals surface area contributed by atoms with Crippen LogP contribution < -0.4 is 16.4 Å². The third-order valence-electron chi connectivity index (χ3n) is 4.95. The Balaban J connectivity index is 0.000000331. The van der Waals surface area contributed by atoms with Crippen molar-refractivity contribution in [3.63, 3.8) is 0 Å². The first-order valence-corrected chi connectivity index (χ1v) is 13.5. The van der Waals surface area contributed by atoms with Gasteiger partial charge in [-0.15, -0.1) is 0 Å². The second-order valence-corrected chi connectivity index (χ2v) is 10.1. The van der Waals surface area contributed by atoms with Gasteiger partial charge < -0.3 is 16.4 Å². The van der Waals surface area contributed by atoms with Gasteiger partial charge in [0, 0.05) is 24.5 Å². The van der Waals surface area contributed by atoms with Crippen LogP contribution in [-0.4, -0.2) is 28.0 Å². The highest BCUT2D eigenvalue weighted by atomic mass is 127. The molecule has 180 valence electrons. The van der Waals surface area contributed by atoms with Gasteiger partial charge in [0.05, 0.1) is 28.6 Å². The molecular formula is C22H28Cl2I2N6O. The number of aromatic nitrogens is 2. The van der Waals surface area contributed by atoms with Gasteiger partial charge in [-0.1, -0.05) is 50.9 Å². The Kier molecular flexibility index (Phi) is 13.6. The minimum absolute atomic E-state index is 0.241. The standard InChI is InChI=1S/C11H15ClIN3O.C11H13ClIN3/c1-3-6(4-2)16-9-8(13)7(12)5-15-10(9)11(14)17;1-3-7(4-2)16-11-9(5-14)15-6-8(12)10(11)13/h5-6,16H,3-4H2,1-2H3,(H2,14,17);6-7,16H,3-4H2,1-2H3. The van der Waals surface area contributed by atoms with Crippen molar-refractivity contribution >= 4 is 85.7 Å². The summed E-state index contributed by atoms with van der Waals surface area (Å²) < 4.78 is 1.64. The first-order valence-electron chi connectivity index (χ1n) is 10.6. The summed E-state index contributed by atoms with van der Waals surface area (Å²) in [6.07, 6.45) is 6.88. The number of rotatable bonds is 9. The number of amides is 1. The van der Waals surface area contributed by atoms with Crippen molar-refractivity contribution in [2.75, 3.05) is 10.6 Å². The minimum atomic E-state index is -0.548. The van der Waals surface area contributed by atoms with Crippen LogP contribution in [0.15, 0.2) is 12.4 Å².